The van der Waals surface area contributed by atoms with E-state index >= 15 is 0 Å². The normalized spacial score (nSPS) is 12.7. The predicted molar refractivity (Wildman–Crippen MR) is 30.3 cm³/mol. The van der Waals surface area contributed by atoms with Gasteiger partial charge in [-0.15, -0.1) is 0 Å². The van der Waals surface area contributed by atoms with Gasteiger partial charge < -0.3 is 5.32 Å². The smallest absolute Gasteiger partial charge is 0.0250 e. The van der Waals surface area contributed by atoms with Crippen LogP contribution in [0.15, 0.2) is 0 Å². The van der Waals surface area contributed by atoms with E-state index in [4.69, 9.17) is 6.42 Å². The molecule has 0 aliphatic rings. The van der Waals surface area contributed by atoms with Gasteiger partial charge in [-0.2, -0.15) is 0 Å². The van der Waals surface area contributed by atoms with Crippen molar-refractivity contribution in [2.75, 3.05) is 7.05 Å². The Morgan fingerprint density at radius 1 is 1.86 bits per heavy atom. The third-order valence-electron chi connectivity index (χ3n) is 0.901. The molecule has 1 unspecified atom stereocenters. The van der Waals surface area contributed by atoms with Crippen LogP contribution in [0.1, 0.15) is 13.3 Å². The fourth-order valence-corrected chi connectivity index (χ4v) is 0.255. The van der Waals surface area contributed by atoms with Gasteiger partial charge in [0.05, 0.1) is 0 Å². The molecule has 39 valence electrons. The molecular weight excluding hydrogens is 86.1 g/mol. The summed E-state index contributed by atoms with van der Waals surface area (Å²) in [5, 5.41) is 2.98. The predicted octanol–water partition coefficient (Wildman–Crippen LogP) is 0.574. The van der Waals surface area contributed by atoms with Crippen LogP contribution in [-0.4, -0.2) is 13.1 Å². The van der Waals surface area contributed by atoms with Crippen molar-refractivity contribution in [3.63, 3.8) is 0 Å². The van der Waals surface area contributed by atoms with Crippen molar-refractivity contribution in [3.05, 3.63) is 6.42 Å². The van der Waals surface area contributed by atoms with Crippen LogP contribution in [0, 0.1) is 12.3 Å². The van der Waals surface area contributed by atoms with Crippen LogP contribution in [0.2, 0.25) is 0 Å². The monoisotopic (exact) mass is 96.1 g/mol. The van der Waals surface area contributed by atoms with Crippen molar-refractivity contribution in [2.24, 2.45) is 0 Å². The first kappa shape index (κ1) is 6.52. The second kappa shape index (κ2) is 3.70. The van der Waals surface area contributed by atoms with Crippen molar-refractivity contribution in [3.8, 4) is 5.92 Å². The summed E-state index contributed by atoms with van der Waals surface area (Å²) in [6, 6.07) is 0.400. The van der Waals surface area contributed by atoms with Crippen LogP contribution in [0.25, 0.3) is 0 Å². The molecule has 1 N–H and O–H groups in total. The van der Waals surface area contributed by atoms with Gasteiger partial charge in [0.25, 0.3) is 0 Å². The minimum Gasteiger partial charge on any atom is -0.316 e. The van der Waals surface area contributed by atoms with Gasteiger partial charge in [-0.05, 0) is 20.4 Å². The van der Waals surface area contributed by atoms with E-state index in [0.29, 0.717) is 12.5 Å². The van der Waals surface area contributed by atoms with Gasteiger partial charge in [0.1, 0.15) is 0 Å². The van der Waals surface area contributed by atoms with Crippen molar-refractivity contribution >= 4 is 0 Å². The lowest BCUT2D eigenvalue weighted by Crippen LogP contribution is -2.19. The zero-order valence-corrected chi connectivity index (χ0v) is 4.78. The molecule has 1 heteroatoms. The maximum Gasteiger partial charge on any atom is 0.0250 e. The quantitative estimate of drug-likeness (QED) is 0.496. The minimum atomic E-state index is 0.400. The Kier molecular flexibility index (Phi) is 3.45. The standard InChI is InChI=1S/C6H10N/c1-4-5-6(2)7-3/h6-7H,5H2,2-3H3. The summed E-state index contributed by atoms with van der Waals surface area (Å²) in [5.41, 5.74) is 0. The summed E-state index contributed by atoms with van der Waals surface area (Å²) >= 11 is 0. The third-order valence-corrected chi connectivity index (χ3v) is 0.901. The van der Waals surface area contributed by atoms with Crippen LogP contribution < -0.4 is 5.32 Å². The fourth-order valence-electron chi connectivity index (χ4n) is 0.255. The molecule has 0 heterocycles. The Morgan fingerprint density at radius 3 is 2.57 bits per heavy atom. The highest BCUT2D eigenvalue weighted by molar-refractivity contribution is 4.80. The molecule has 0 fully saturated rings. The molecule has 0 bridgehead atoms. The lowest BCUT2D eigenvalue weighted by Gasteiger charge is -2.01. The van der Waals surface area contributed by atoms with Crippen LogP contribution >= 0.6 is 0 Å². The van der Waals surface area contributed by atoms with Crippen molar-refractivity contribution in [2.45, 2.75) is 19.4 Å². The molecule has 0 aliphatic carbocycles. The van der Waals surface area contributed by atoms with Crippen molar-refractivity contribution in [1.82, 2.24) is 5.32 Å². The summed E-state index contributed by atoms with van der Waals surface area (Å²) in [7, 11) is 1.88. The number of nitrogens with one attached hydrogen (secondary N) is 1. The average molecular weight is 96.2 g/mol. The molecule has 0 aromatic rings. The summed E-state index contributed by atoms with van der Waals surface area (Å²) in [5.74, 6) is 2.31. The number of hydrogen-bond donors (Lipinski definition) is 1. The van der Waals surface area contributed by atoms with Crippen molar-refractivity contribution < 1.29 is 0 Å². The summed E-state index contributed by atoms with van der Waals surface area (Å²) < 4.78 is 0. The van der Waals surface area contributed by atoms with Gasteiger partial charge in [0.2, 0.25) is 0 Å². The molecule has 1 nitrogen and oxygen atoms in total. The lowest BCUT2D eigenvalue weighted by molar-refractivity contribution is 0.628. The highest BCUT2D eigenvalue weighted by Crippen LogP contribution is 1.82. The molecule has 0 saturated carbocycles. The zero-order valence-electron chi connectivity index (χ0n) is 4.78. The number of hydrogen-bond acceptors (Lipinski definition) is 1. The second-order valence-electron chi connectivity index (χ2n) is 1.57. The molecule has 0 saturated heterocycles. The first-order valence-corrected chi connectivity index (χ1v) is 2.38. The van der Waals surface area contributed by atoms with Crippen molar-refractivity contribution in [1.29, 1.82) is 0 Å². The van der Waals surface area contributed by atoms with E-state index in [1.807, 2.05) is 14.0 Å². The molecular formula is C6H10N. The van der Waals surface area contributed by atoms with Crippen LogP contribution in [-0.2, 0) is 0 Å². The molecule has 0 aromatic carbocycles. The summed E-state index contributed by atoms with van der Waals surface area (Å²) in [4.78, 5) is 0. The van der Waals surface area contributed by atoms with E-state index in [9.17, 15) is 0 Å². The first-order chi connectivity index (χ1) is 3.31. The zero-order chi connectivity index (χ0) is 5.70. The highest BCUT2D eigenvalue weighted by atomic mass is 14.8. The fraction of sp³-hybridized carbons (Fsp3) is 0.667. The molecule has 0 amide bonds. The summed E-state index contributed by atoms with van der Waals surface area (Å²) in [6.45, 7) is 2.02. The molecule has 1 atom stereocenters. The van der Waals surface area contributed by atoms with E-state index in [0.717, 1.165) is 0 Å². The van der Waals surface area contributed by atoms with Gasteiger partial charge in [0.15, 0.2) is 0 Å². The first-order valence-electron chi connectivity index (χ1n) is 2.38. The Hall–Kier alpha value is -0.480. The van der Waals surface area contributed by atoms with Crippen LogP contribution in [0.5, 0.6) is 0 Å². The Morgan fingerprint density at radius 2 is 2.43 bits per heavy atom. The van der Waals surface area contributed by atoms with Gasteiger partial charge >= 0.3 is 0 Å². The van der Waals surface area contributed by atoms with Gasteiger partial charge in [-0.25, -0.2) is 0 Å². The van der Waals surface area contributed by atoms with E-state index in [1.54, 1.807) is 0 Å². The van der Waals surface area contributed by atoms with E-state index in [-0.39, 0.29) is 0 Å². The van der Waals surface area contributed by atoms with E-state index in [2.05, 4.69) is 11.2 Å². The molecule has 0 aliphatic heterocycles. The maximum atomic E-state index is 6.55. The van der Waals surface area contributed by atoms with E-state index in [1.165, 1.54) is 0 Å². The molecule has 1 radical (unpaired) electrons. The Balaban J connectivity index is 3.03. The summed E-state index contributed by atoms with van der Waals surface area (Å²) in [6.07, 6.45) is 7.25. The number of rotatable bonds is 2. The van der Waals surface area contributed by atoms with E-state index < -0.39 is 0 Å². The molecule has 0 aromatic heterocycles. The average Bonchev–Trinajstić information content (AvgIpc) is 1.68. The lowest BCUT2D eigenvalue weighted by atomic mass is 10.2. The maximum absolute atomic E-state index is 6.55. The van der Waals surface area contributed by atoms with Gasteiger partial charge in [0, 0.05) is 12.5 Å². The van der Waals surface area contributed by atoms with Crippen LogP contribution in [0.4, 0.5) is 0 Å². The Bertz CT molecular complexity index is 70.7. The van der Waals surface area contributed by atoms with Gasteiger partial charge in [-0.1, -0.05) is 5.92 Å². The largest absolute Gasteiger partial charge is 0.316 e. The van der Waals surface area contributed by atoms with Crippen LogP contribution in [0.3, 0.4) is 0 Å². The SMILES string of the molecule is [C]#CCC(C)NC. The molecule has 0 rings (SSSR count). The molecule has 0 spiro atoms. The minimum absolute atomic E-state index is 0.400. The molecule has 7 heavy (non-hydrogen) atoms. The Labute approximate surface area is 45.1 Å². The highest BCUT2D eigenvalue weighted by Gasteiger charge is 1.89. The topological polar surface area (TPSA) is 12.0 Å². The third kappa shape index (κ3) is 3.35. The second-order valence-corrected chi connectivity index (χ2v) is 1.57. The van der Waals surface area contributed by atoms with Gasteiger partial charge in [-0.3, -0.25) is 0 Å².